The molecule has 3 heteroatoms. The molecule has 0 spiro atoms. The van der Waals surface area contributed by atoms with Gasteiger partial charge in [-0.25, -0.2) is 0 Å². The highest BCUT2D eigenvalue weighted by atomic mass is 16.2. The summed E-state index contributed by atoms with van der Waals surface area (Å²) in [5, 5.41) is 3.33. The fraction of sp³-hybridized carbons (Fsp3) is 0.533. The number of nitrogens with zero attached hydrogens (tertiary/aromatic N) is 1. The molecule has 0 aliphatic carbocycles. The molecule has 1 fully saturated rings. The number of hydrogen-bond acceptors (Lipinski definition) is 2. The summed E-state index contributed by atoms with van der Waals surface area (Å²) >= 11 is 0. The first-order valence-electron chi connectivity index (χ1n) is 6.68. The zero-order chi connectivity index (χ0) is 12.8. The van der Waals surface area contributed by atoms with E-state index in [1.54, 1.807) is 0 Å². The number of rotatable bonds is 1. The first-order chi connectivity index (χ1) is 8.57. The van der Waals surface area contributed by atoms with Crippen molar-refractivity contribution in [1.82, 2.24) is 4.90 Å². The molecule has 1 unspecified atom stereocenters. The van der Waals surface area contributed by atoms with E-state index in [1.165, 1.54) is 0 Å². The average molecular weight is 244 g/mol. The van der Waals surface area contributed by atoms with Crippen LogP contribution in [0.5, 0.6) is 0 Å². The van der Waals surface area contributed by atoms with Crippen molar-refractivity contribution in [1.29, 1.82) is 0 Å². The maximum absolute atomic E-state index is 12.6. The molecule has 0 bridgehead atoms. The maximum atomic E-state index is 12.6. The van der Waals surface area contributed by atoms with Gasteiger partial charge in [-0.05, 0) is 23.5 Å². The lowest BCUT2D eigenvalue weighted by Gasteiger charge is -2.22. The molecule has 1 atom stereocenters. The second-order valence-electron chi connectivity index (χ2n) is 6.19. The molecule has 2 aliphatic rings. The van der Waals surface area contributed by atoms with Gasteiger partial charge < -0.3 is 10.2 Å². The van der Waals surface area contributed by atoms with Gasteiger partial charge in [-0.15, -0.1) is 0 Å². The predicted octanol–water partition coefficient (Wildman–Crippen LogP) is 2.45. The number of anilines is 1. The van der Waals surface area contributed by atoms with Crippen LogP contribution in [0.4, 0.5) is 5.69 Å². The molecule has 0 aromatic heterocycles. The molecule has 1 amide bonds. The number of benzene rings is 1. The van der Waals surface area contributed by atoms with E-state index in [4.69, 9.17) is 0 Å². The first kappa shape index (κ1) is 11.6. The zero-order valence-electron chi connectivity index (χ0n) is 11.1. The third-order valence-electron chi connectivity index (χ3n) is 4.12. The number of likely N-dealkylation sites (tertiary alicyclic amines) is 1. The third-order valence-corrected chi connectivity index (χ3v) is 4.12. The molecule has 1 saturated heterocycles. The van der Waals surface area contributed by atoms with Crippen LogP contribution in [0.1, 0.15) is 31.7 Å². The van der Waals surface area contributed by atoms with E-state index >= 15 is 0 Å². The van der Waals surface area contributed by atoms with Gasteiger partial charge in [0.1, 0.15) is 0 Å². The number of carbonyl (C=O) groups excluding carboxylic acids is 1. The Kier molecular flexibility index (Phi) is 2.58. The largest absolute Gasteiger partial charge is 0.384 e. The number of carbonyl (C=O) groups is 1. The predicted molar refractivity (Wildman–Crippen MR) is 72.7 cm³/mol. The van der Waals surface area contributed by atoms with Gasteiger partial charge in [0.25, 0.3) is 0 Å². The van der Waals surface area contributed by atoms with Gasteiger partial charge in [-0.1, -0.05) is 32.0 Å². The molecule has 3 nitrogen and oxygen atoms in total. The molecule has 1 N–H and O–H groups in total. The molecule has 96 valence electrons. The van der Waals surface area contributed by atoms with E-state index in [-0.39, 0.29) is 17.2 Å². The number of hydrogen-bond donors (Lipinski definition) is 1. The smallest absolute Gasteiger partial charge is 0.232 e. The minimum Gasteiger partial charge on any atom is -0.384 e. The van der Waals surface area contributed by atoms with Crippen molar-refractivity contribution in [2.24, 2.45) is 5.41 Å². The molecule has 1 aromatic rings. The Hall–Kier alpha value is -1.51. The Morgan fingerprint density at radius 3 is 2.89 bits per heavy atom. The van der Waals surface area contributed by atoms with Crippen LogP contribution < -0.4 is 5.32 Å². The molecule has 2 aliphatic heterocycles. The average Bonchev–Trinajstić information content (AvgIpc) is 2.91. The van der Waals surface area contributed by atoms with Crippen LogP contribution in [0.3, 0.4) is 0 Å². The highest BCUT2D eigenvalue weighted by Crippen LogP contribution is 2.35. The monoisotopic (exact) mass is 244 g/mol. The van der Waals surface area contributed by atoms with Gasteiger partial charge in [-0.2, -0.15) is 0 Å². The normalized spacial score (nSPS) is 24.8. The van der Waals surface area contributed by atoms with E-state index in [1.807, 2.05) is 17.0 Å². The Morgan fingerprint density at radius 1 is 1.39 bits per heavy atom. The maximum Gasteiger partial charge on any atom is 0.232 e. The summed E-state index contributed by atoms with van der Waals surface area (Å²) in [5.74, 6) is 0.299. The second kappa shape index (κ2) is 4.01. The lowest BCUT2D eigenvalue weighted by atomic mass is 9.93. The minimum atomic E-state index is 0.00935. The summed E-state index contributed by atoms with van der Waals surface area (Å²) in [6, 6.07) is 8.15. The number of fused-ring (bicyclic) bond motifs is 1. The van der Waals surface area contributed by atoms with E-state index in [9.17, 15) is 4.79 Å². The summed E-state index contributed by atoms with van der Waals surface area (Å²) in [7, 11) is 0. The highest BCUT2D eigenvalue weighted by Gasteiger charge is 2.37. The van der Waals surface area contributed by atoms with E-state index < -0.39 is 0 Å². The molecular formula is C15H20N2O. The van der Waals surface area contributed by atoms with Crippen molar-refractivity contribution in [3.8, 4) is 0 Å². The molecule has 0 radical (unpaired) electrons. The molecule has 18 heavy (non-hydrogen) atoms. The van der Waals surface area contributed by atoms with Gasteiger partial charge in [0.2, 0.25) is 5.91 Å². The van der Waals surface area contributed by atoms with Crippen LogP contribution in [-0.4, -0.2) is 30.4 Å². The van der Waals surface area contributed by atoms with E-state index in [0.717, 1.165) is 37.3 Å². The number of para-hydroxylation sites is 1. The quantitative estimate of drug-likeness (QED) is 0.823. The molecule has 0 saturated carbocycles. The third kappa shape index (κ3) is 1.88. The second-order valence-corrected chi connectivity index (χ2v) is 6.19. The van der Waals surface area contributed by atoms with Gasteiger partial charge in [0.15, 0.2) is 0 Å². The lowest BCUT2D eigenvalue weighted by Crippen LogP contribution is -2.35. The van der Waals surface area contributed by atoms with Crippen LogP contribution in [0, 0.1) is 5.41 Å². The molecule has 3 rings (SSSR count). The van der Waals surface area contributed by atoms with Crippen molar-refractivity contribution in [3.63, 3.8) is 0 Å². The van der Waals surface area contributed by atoms with Gasteiger partial charge >= 0.3 is 0 Å². The lowest BCUT2D eigenvalue weighted by molar-refractivity contribution is -0.131. The van der Waals surface area contributed by atoms with Crippen molar-refractivity contribution < 1.29 is 4.79 Å². The molecule has 1 aromatic carbocycles. The van der Waals surface area contributed by atoms with Gasteiger partial charge in [0.05, 0.1) is 5.92 Å². The minimum absolute atomic E-state index is 0.00935. The van der Waals surface area contributed by atoms with Crippen molar-refractivity contribution in [3.05, 3.63) is 29.8 Å². The Morgan fingerprint density at radius 2 is 2.17 bits per heavy atom. The van der Waals surface area contributed by atoms with Gasteiger partial charge in [-0.3, -0.25) is 4.79 Å². The summed E-state index contributed by atoms with van der Waals surface area (Å²) in [6.07, 6.45) is 1.11. The Labute approximate surface area is 108 Å². The van der Waals surface area contributed by atoms with Crippen molar-refractivity contribution in [2.45, 2.75) is 26.2 Å². The fourth-order valence-corrected chi connectivity index (χ4v) is 3.03. The van der Waals surface area contributed by atoms with Crippen LogP contribution in [0.25, 0.3) is 0 Å². The SMILES string of the molecule is CC1(C)CCN(C(=O)C2CNc3ccccc32)C1. The number of nitrogens with one attached hydrogen (secondary N) is 1. The molecular weight excluding hydrogens is 224 g/mol. The standard InChI is InChI=1S/C15H20N2O/c1-15(2)7-8-17(10-15)14(18)12-9-16-13-6-4-3-5-11(12)13/h3-6,12,16H,7-10H2,1-2H3. The summed E-state index contributed by atoms with van der Waals surface area (Å²) in [6.45, 7) is 7.02. The van der Waals surface area contributed by atoms with Crippen molar-refractivity contribution >= 4 is 11.6 Å². The fourth-order valence-electron chi connectivity index (χ4n) is 3.03. The van der Waals surface area contributed by atoms with Gasteiger partial charge in [0, 0.05) is 25.3 Å². The first-order valence-corrected chi connectivity index (χ1v) is 6.68. The molecule has 2 heterocycles. The number of amides is 1. The highest BCUT2D eigenvalue weighted by molar-refractivity contribution is 5.88. The zero-order valence-corrected chi connectivity index (χ0v) is 11.1. The summed E-state index contributed by atoms with van der Waals surface area (Å²) < 4.78 is 0. The van der Waals surface area contributed by atoms with Crippen LogP contribution >= 0.6 is 0 Å². The van der Waals surface area contributed by atoms with Crippen molar-refractivity contribution in [2.75, 3.05) is 25.0 Å². The summed E-state index contributed by atoms with van der Waals surface area (Å²) in [5.41, 5.74) is 2.56. The van der Waals surface area contributed by atoms with E-state index in [2.05, 4.69) is 31.3 Å². The van der Waals surface area contributed by atoms with Crippen LogP contribution in [0.15, 0.2) is 24.3 Å². The summed E-state index contributed by atoms with van der Waals surface area (Å²) in [4.78, 5) is 14.6. The van der Waals surface area contributed by atoms with Crippen LogP contribution in [-0.2, 0) is 4.79 Å². The topological polar surface area (TPSA) is 32.3 Å². The Balaban J connectivity index is 1.79. The van der Waals surface area contributed by atoms with Crippen LogP contribution in [0.2, 0.25) is 0 Å². The van der Waals surface area contributed by atoms with E-state index in [0.29, 0.717) is 0 Å². The Bertz CT molecular complexity index is 481.